The molecule has 0 aliphatic rings. The number of rotatable bonds is 6. The van der Waals surface area contributed by atoms with Gasteiger partial charge >= 0.3 is 0 Å². The molecule has 0 radical (unpaired) electrons. The molecule has 4 nitrogen and oxygen atoms in total. The van der Waals surface area contributed by atoms with Crippen LogP contribution >= 0.6 is 22.7 Å². The second kappa shape index (κ2) is 14.4. The summed E-state index contributed by atoms with van der Waals surface area (Å²) in [7, 11) is 0. The summed E-state index contributed by atoms with van der Waals surface area (Å²) in [6.07, 6.45) is 0. The maximum Gasteiger partial charge on any atom is 0.165 e. The number of hydrogen-bond donors (Lipinski definition) is 0. The normalized spacial score (nSPS) is 12.9. The van der Waals surface area contributed by atoms with Crippen LogP contribution in [0.15, 0.2) is 206 Å². The molecule has 0 fully saturated rings. The molecule has 0 N–H and O–H groups in total. The van der Waals surface area contributed by atoms with E-state index in [1.54, 1.807) is 11.3 Å². The zero-order valence-electron chi connectivity index (χ0n) is 38.3. The van der Waals surface area contributed by atoms with Crippen molar-refractivity contribution in [3.8, 4) is 62.1 Å². The van der Waals surface area contributed by atoms with Gasteiger partial charge < -0.3 is 4.57 Å². The van der Waals surface area contributed by atoms with Crippen LogP contribution < -0.4 is 0 Å². The lowest BCUT2D eigenvalue weighted by Gasteiger charge is -2.13. The predicted molar refractivity (Wildman–Crippen MR) is 267 cm³/mol. The van der Waals surface area contributed by atoms with Gasteiger partial charge in [-0.25, -0.2) is 15.0 Å². The molecule has 0 aliphatic carbocycles. The summed E-state index contributed by atoms with van der Waals surface area (Å²) in [5.74, 6) is 0.631. The Labute approximate surface area is 377 Å². The SMILES string of the molecule is [2H]c1c([2H])c([2H])c(-c2nc(-c3ccccc3)nc(-c3cc(-n4c5ccccc5c5c6sc7ccccc7c6ccc54)cc4c3sc3c(-c5cccc(-c6ccccc6)c5)cccc34)n2)c([2H])c1[2H]. The van der Waals surface area contributed by atoms with Gasteiger partial charge in [0.1, 0.15) is 0 Å². The van der Waals surface area contributed by atoms with Crippen LogP contribution in [0.25, 0.3) is 124 Å². The predicted octanol–water partition coefficient (Wildman–Crippen LogP) is 16.0. The summed E-state index contributed by atoms with van der Waals surface area (Å²) in [5, 5.41) is 6.89. The molecule has 13 aromatic rings. The highest BCUT2D eigenvalue weighted by Crippen LogP contribution is 2.48. The van der Waals surface area contributed by atoms with Gasteiger partial charge in [-0.05, 0) is 58.7 Å². The van der Waals surface area contributed by atoms with E-state index in [-0.39, 0.29) is 23.5 Å². The van der Waals surface area contributed by atoms with Crippen molar-refractivity contribution >= 4 is 84.8 Å². The van der Waals surface area contributed by atoms with Crippen LogP contribution in [0.4, 0.5) is 0 Å². The monoisotopic (exact) mass is 843 g/mol. The quantitative estimate of drug-likeness (QED) is 0.167. The molecule has 0 bridgehead atoms. The highest BCUT2D eigenvalue weighted by atomic mass is 32.1. The number of fused-ring (bicyclic) bond motifs is 10. The van der Waals surface area contributed by atoms with E-state index in [9.17, 15) is 0 Å². The first kappa shape index (κ1) is 31.1. The third-order valence-electron chi connectivity index (χ3n) is 11.9. The number of benzene rings is 9. The molecule has 63 heavy (non-hydrogen) atoms. The first-order valence-corrected chi connectivity index (χ1v) is 22.3. The van der Waals surface area contributed by atoms with Gasteiger partial charge in [-0.15, -0.1) is 22.7 Å². The fraction of sp³-hybridized carbons (Fsp3) is 0. The molecular weight excluding hydrogens is 805 g/mol. The van der Waals surface area contributed by atoms with Crippen molar-refractivity contribution in [2.45, 2.75) is 0 Å². The Bertz CT molecular complexity index is 4190. The fourth-order valence-electron chi connectivity index (χ4n) is 9.10. The van der Waals surface area contributed by atoms with E-state index in [0.717, 1.165) is 70.1 Å². The lowest BCUT2D eigenvalue weighted by molar-refractivity contribution is 1.07. The summed E-state index contributed by atoms with van der Waals surface area (Å²) in [4.78, 5) is 15.2. The first-order valence-electron chi connectivity index (χ1n) is 23.2. The smallest absolute Gasteiger partial charge is 0.165 e. The van der Waals surface area contributed by atoms with E-state index in [1.165, 1.54) is 25.6 Å². The molecule has 0 saturated heterocycles. The van der Waals surface area contributed by atoms with Crippen LogP contribution in [0, 0.1) is 0 Å². The summed E-state index contributed by atoms with van der Waals surface area (Å²) in [5.41, 5.74) is 8.81. The van der Waals surface area contributed by atoms with E-state index >= 15 is 0 Å². The van der Waals surface area contributed by atoms with E-state index < -0.39 is 18.1 Å². The van der Waals surface area contributed by atoms with Crippen LogP contribution in [0.3, 0.4) is 0 Å². The van der Waals surface area contributed by atoms with Crippen LogP contribution in [-0.2, 0) is 0 Å². The summed E-state index contributed by atoms with van der Waals surface area (Å²) >= 11 is 3.49. The number of nitrogens with zero attached hydrogens (tertiary/aromatic N) is 4. The molecule has 13 rings (SSSR count). The summed E-state index contributed by atoms with van der Waals surface area (Å²) in [6.45, 7) is 0. The largest absolute Gasteiger partial charge is 0.309 e. The van der Waals surface area contributed by atoms with Gasteiger partial charge in [0.05, 0.1) is 17.9 Å². The van der Waals surface area contributed by atoms with Gasteiger partial charge in [0, 0.05) is 73.5 Å². The second-order valence-electron chi connectivity index (χ2n) is 15.6. The maximum absolute atomic E-state index is 9.00. The van der Waals surface area contributed by atoms with Crippen LogP contribution in [0.2, 0.25) is 0 Å². The molecule has 0 aliphatic heterocycles. The van der Waals surface area contributed by atoms with E-state index in [0.29, 0.717) is 17.2 Å². The molecule has 0 unspecified atom stereocenters. The molecular formula is C57H34N4S2. The number of aromatic nitrogens is 4. The zero-order chi connectivity index (χ0) is 45.8. The average molecular weight is 844 g/mol. The zero-order valence-corrected chi connectivity index (χ0v) is 35.0. The van der Waals surface area contributed by atoms with Gasteiger partial charge in [-0.1, -0.05) is 170 Å². The minimum absolute atomic E-state index is 0.00653. The van der Waals surface area contributed by atoms with Crippen molar-refractivity contribution in [3.05, 3.63) is 206 Å². The van der Waals surface area contributed by atoms with Crippen molar-refractivity contribution in [2.75, 3.05) is 0 Å². The minimum Gasteiger partial charge on any atom is -0.309 e. The van der Waals surface area contributed by atoms with E-state index in [1.807, 2.05) is 47.7 Å². The molecule has 6 heteroatoms. The Kier molecular flexibility index (Phi) is 7.13. The Morgan fingerprint density at radius 3 is 1.86 bits per heavy atom. The van der Waals surface area contributed by atoms with Crippen molar-refractivity contribution in [3.63, 3.8) is 0 Å². The molecule has 0 amide bonds. The van der Waals surface area contributed by atoms with Crippen molar-refractivity contribution < 1.29 is 6.85 Å². The topological polar surface area (TPSA) is 43.6 Å². The third kappa shape index (κ3) is 5.83. The lowest BCUT2D eigenvalue weighted by atomic mass is 9.97. The Morgan fingerprint density at radius 1 is 0.381 bits per heavy atom. The lowest BCUT2D eigenvalue weighted by Crippen LogP contribution is -2.01. The van der Waals surface area contributed by atoms with Crippen molar-refractivity contribution in [1.29, 1.82) is 0 Å². The summed E-state index contributed by atoms with van der Waals surface area (Å²) in [6, 6.07) is 59.0. The van der Waals surface area contributed by atoms with Gasteiger partial charge in [-0.3, -0.25) is 0 Å². The van der Waals surface area contributed by atoms with Crippen molar-refractivity contribution in [2.24, 2.45) is 0 Å². The minimum atomic E-state index is -0.481. The molecule has 0 spiro atoms. The Balaban J connectivity index is 1.14. The van der Waals surface area contributed by atoms with Crippen LogP contribution in [0.1, 0.15) is 6.85 Å². The molecule has 4 heterocycles. The van der Waals surface area contributed by atoms with Crippen LogP contribution in [0.5, 0.6) is 0 Å². The molecule has 0 saturated carbocycles. The molecule has 0 atom stereocenters. The average Bonchev–Trinajstić information content (AvgIpc) is 4.07. The molecule has 4 aromatic heterocycles. The summed E-state index contributed by atoms with van der Waals surface area (Å²) < 4.78 is 50.4. The van der Waals surface area contributed by atoms with E-state index in [2.05, 4.69) is 144 Å². The Morgan fingerprint density at radius 2 is 1.02 bits per heavy atom. The Hall–Kier alpha value is -7.77. The second-order valence-corrected chi connectivity index (χ2v) is 17.6. The van der Waals surface area contributed by atoms with E-state index in [4.69, 9.17) is 21.8 Å². The standard InChI is InChI=1S/C57H34N4S2/c1-4-16-35(17-5-1)38-22-14-23-39(32-38)41-26-15-27-43-46-33-40(61-48-28-12-10-25-45(48)51-49(61)31-30-44-42-24-11-13-29-50(42)62-54(44)51)34-47(53(46)63-52(41)43)57-59-55(36-18-6-2-7-19-36)58-56(60-57)37-20-8-3-9-21-37/h1-34H/i2D,6D,7D,18D,19D. The number of thiophene rings is 2. The fourth-order valence-corrected chi connectivity index (χ4v) is 11.7. The highest BCUT2D eigenvalue weighted by Gasteiger charge is 2.23. The van der Waals surface area contributed by atoms with Gasteiger partial charge in [0.15, 0.2) is 17.5 Å². The maximum atomic E-state index is 9.00. The number of hydrogen-bond acceptors (Lipinski definition) is 5. The molecule has 9 aromatic carbocycles. The van der Waals surface area contributed by atoms with Gasteiger partial charge in [0.25, 0.3) is 0 Å². The van der Waals surface area contributed by atoms with Gasteiger partial charge in [0.2, 0.25) is 0 Å². The molecule has 294 valence electrons. The third-order valence-corrected chi connectivity index (χ3v) is 14.4. The highest BCUT2D eigenvalue weighted by molar-refractivity contribution is 7.27. The first-order chi connectivity index (χ1) is 33.3. The van der Waals surface area contributed by atoms with Crippen molar-refractivity contribution in [1.82, 2.24) is 19.5 Å². The van der Waals surface area contributed by atoms with Gasteiger partial charge in [-0.2, -0.15) is 0 Å². The number of para-hydroxylation sites is 1. The van der Waals surface area contributed by atoms with Crippen LogP contribution in [-0.4, -0.2) is 19.5 Å².